The molecule has 1 aromatic carbocycles. The second kappa shape index (κ2) is 6.60. The number of nitrogens with one attached hydrogen (secondary N) is 1. The lowest BCUT2D eigenvalue weighted by molar-refractivity contribution is 0.171. The van der Waals surface area contributed by atoms with Crippen LogP contribution in [0.1, 0.15) is 36.5 Å². The number of H-pyrrole nitrogens is 1. The molecular formula is C17H20FN3O2. The van der Waals surface area contributed by atoms with Crippen molar-refractivity contribution in [1.82, 2.24) is 14.9 Å². The SMILES string of the molecule is CCc1cc(=O)[nH]c(CN2CC(O)CC2c2ccc(F)cc2)n1. The maximum absolute atomic E-state index is 13.1. The molecule has 2 unspecified atom stereocenters. The Morgan fingerprint density at radius 1 is 1.39 bits per heavy atom. The quantitative estimate of drug-likeness (QED) is 0.902. The number of likely N-dealkylation sites (tertiary alicyclic amines) is 1. The van der Waals surface area contributed by atoms with Crippen molar-refractivity contribution < 1.29 is 9.50 Å². The number of rotatable bonds is 4. The summed E-state index contributed by atoms with van der Waals surface area (Å²) in [5, 5.41) is 10.0. The number of aryl methyl sites for hydroxylation is 1. The first kappa shape index (κ1) is 15.8. The van der Waals surface area contributed by atoms with Crippen LogP contribution < -0.4 is 5.56 Å². The minimum absolute atomic E-state index is 0.0128. The average Bonchev–Trinajstić information content (AvgIpc) is 2.88. The highest BCUT2D eigenvalue weighted by Gasteiger charge is 2.32. The van der Waals surface area contributed by atoms with Crippen molar-refractivity contribution in [2.75, 3.05) is 6.54 Å². The Hall–Kier alpha value is -2.05. The van der Waals surface area contributed by atoms with E-state index in [1.165, 1.54) is 18.2 Å². The highest BCUT2D eigenvalue weighted by atomic mass is 19.1. The van der Waals surface area contributed by atoms with E-state index in [1.54, 1.807) is 12.1 Å². The number of aliphatic hydroxyl groups excluding tert-OH is 1. The van der Waals surface area contributed by atoms with E-state index in [0.29, 0.717) is 31.8 Å². The van der Waals surface area contributed by atoms with Gasteiger partial charge in [-0.2, -0.15) is 0 Å². The Balaban J connectivity index is 1.84. The van der Waals surface area contributed by atoms with Crippen LogP contribution in [0.2, 0.25) is 0 Å². The molecule has 122 valence electrons. The molecule has 1 aromatic heterocycles. The minimum atomic E-state index is -0.439. The lowest BCUT2D eigenvalue weighted by Crippen LogP contribution is -2.27. The van der Waals surface area contributed by atoms with Crippen LogP contribution in [0.3, 0.4) is 0 Å². The average molecular weight is 317 g/mol. The summed E-state index contributed by atoms with van der Waals surface area (Å²) in [6, 6.07) is 7.82. The standard InChI is InChI=1S/C17H20FN3O2/c1-2-13-7-17(23)20-16(19-13)10-21-9-14(22)8-15(21)11-3-5-12(18)6-4-11/h3-7,14-15,22H,2,8-10H2,1H3,(H,19,20,23). The van der Waals surface area contributed by atoms with Gasteiger partial charge >= 0.3 is 0 Å². The Labute approximate surface area is 133 Å². The zero-order valence-corrected chi connectivity index (χ0v) is 13.0. The van der Waals surface area contributed by atoms with Gasteiger partial charge in [0.25, 0.3) is 5.56 Å². The third-order valence-electron chi connectivity index (χ3n) is 4.20. The van der Waals surface area contributed by atoms with Gasteiger partial charge in [-0.1, -0.05) is 19.1 Å². The summed E-state index contributed by atoms with van der Waals surface area (Å²) >= 11 is 0. The van der Waals surface area contributed by atoms with E-state index in [4.69, 9.17) is 0 Å². The van der Waals surface area contributed by atoms with Crippen LogP contribution in [0.4, 0.5) is 4.39 Å². The monoisotopic (exact) mass is 317 g/mol. The molecule has 1 saturated heterocycles. The summed E-state index contributed by atoms with van der Waals surface area (Å²) in [7, 11) is 0. The molecule has 0 radical (unpaired) electrons. The first-order valence-corrected chi connectivity index (χ1v) is 7.82. The second-order valence-electron chi connectivity index (χ2n) is 5.92. The van der Waals surface area contributed by atoms with E-state index >= 15 is 0 Å². The van der Waals surface area contributed by atoms with Gasteiger partial charge in [0.05, 0.1) is 12.6 Å². The van der Waals surface area contributed by atoms with Crippen LogP contribution in [-0.4, -0.2) is 32.6 Å². The number of aliphatic hydroxyl groups is 1. The molecule has 23 heavy (non-hydrogen) atoms. The van der Waals surface area contributed by atoms with Gasteiger partial charge in [0.2, 0.25) is 0 Å². The van der Waals surface area contributed by atoms with Gasteiger partial charge in [-0.25, -0.2) is 9.37 Å². The molecule has 6 heteroatoms. The number of β-amino-alcohol motifs (C(OH)–C–C–N with tert-alkyl or cyclic N) is 1. The van der Waals surface area contributed by atoms with Crippen molar-refractivity contribution in [3.8, 4) is 0 Å². The van der Waals surface area contributed by atoms with Crippen molar-refractivity contribution in [3.05, 3.63) is 63.6 Å². The van der Waals surface area contributed by atoms with E-state index in [-0.39, 0.29) is 17.4 Å². The van der Waals surface area contributed by atoms with Crippen LogP contribution in [-0.2, 0) is 13.0 Å². The number of nitrogens with zero attached hydrogens (tertiary/aromatic N) is 2. The van der Waals surface area contributed by atoms with Gasteiger partial charge in [0.1, 0.15) is 11.6 Å². The van der Waals surface area contributed by atoms with Gasteiger partial charge in [0, 0.05) is 24.3 Å². The molecular weight excluding hydrogens is 297 g/mol. The largest absolute Gasteiger partial charge is 0.392 e. The molecule has 0 amide bonds. The summed E-state index contributed by atoms with van der Waals surface area (Å²) in [4.78, 5) is 21.0. The molecule has 2 heterocycles. The molecule has 0 aliphatic carbocycles. The molecule has 1 aliphatic heterocycles. The first-order chi connectivity index (χ1) is 11.0. The topological polar surface area (TPSA) is 69.2 Å². The highest BCUT2D eigenvalue weighted by Crippen LogP contribution is 2.33. The fourth-order valence-electron chi connectivity index (χ4n) is 3.10. The number of aromatic nitrogens is 2. The summed E-state index contributed by atoms with van der Waals surface area (Å²) < 4.78 is 13.1. The van der Waals surface area contributed by atoms with Gasteiger partial charge < -0.3 is 10.1 Å². The maximum Gasteiger partial charge on any atom is 0.251 e. The minimum Gasteiger partial charge on any atom is -0.392 e. The molecule has 0 bridgehead atoms. The summed E-state index contributed by atoms with van der Waals surface area (Å²) in [6.07, 6.45) is 0.843. The van der Waals surface area contributed by atoms with Crippen molar-refractivity contribution in [3.63, 3.8) is 0 Å². The molecule has 1 aliphatic rings. The summed E-state index contributed by atoms with van der Waals surface area (Å²) in [5.41, 5.74) is 1.55. The molecule has 2 N–H and O–H groups in total. The van der Waals surface area contributed by atoms with Crippen LogP contribution in [0.25, 0.3) is 0 Å². The van der Waals surface area contributed by atoms with E-state index in [9.17, 15) is 14.3 Å². The normalized spacial score (nSPS) is 21.7. The summed E-state index contributed by atoms with van der Waals surface area (Å²) in [6.45, 7) is 2.90. The second-order valence-corrected chi connectivity index (χ2v) is 5.92. The highest BCUT2D eigenvalue weighted by molar-refractivity contribution is 5.21. The molecule has 2 atom stereocenters. The molecule has 0 saturated carbocycles. The fraction of sp³-hybridized carbons (Fsp3) is 0.412. The van der Waals surface area contributed by atoms with Crippen molar-refractivity contribution in [2.45, 2.75) is 38.5 Å². The third-order valence-corrected chi connectivity index (χ3v) is 4.20. The third kappa shape index (κ3) is 3.65. The van der Waals surface area contributed by atoms with Crippen LogP contribution in [0, 0.1) is 5.82 Å². The predicted octanol–water partition coefficient (Wildman–Crippen LogP) is 1.78. The number of benzene rings is 1. The van der Waals surface area contributed by atoms with Gasteiger partial charge in [0.15, 0.2) is 0 Å². The van der Waals surface area contributed by atoms with Crippen molar-refractivity contribution in [1.29, 1.82) is 0 Å². The Kier molecular flexibility index (Phi) is 4.54. The van der Waals surface area contributed by atoms with Crippen LogP contribution in [0.15, 0.2) is 35.1 Å². The molecule has 2 aromatic rings. The molecule has 3 rings (SSSR count). The molecule has 1 fully saturated rings. The molecule has 5 nitrogen and oxygen atoms in total. The van der Waals surface area contributed by atoms with Gasteiger partial charge in [-0.05, 0) is 30.5 Å². The Bertz CT molecular complexity index is 729. The Morgan fingerprint density at radius 3 is 2.83 bits per heavy atom. The zero-order chi connectivity index (χ0) is 16.4. The lowest BCUT2D eigenvalue weighted by atomic mass is 10.0. The maximum atomic E-state index is 13.1. The smallest absolute Gasteiger partial charge is 0.251 e. The van der Waals surface area contributed by atoms with Gasteiger partial charge in [-0.3, -0.25) is 9.69 Å². The number of aromatic amines is 1. The summed E-state index contributed by atoms with van der Waals surface area (Å²) in [5.74, 6) is 0.316. The Morgan fingerprint density at radius 2 is 2.13 bits per heavy atom. The van der Waals surface area contributed by atoms with Crippen molar-refractivity contribution >= 4 is 0 Å². The van der Waals surface area contributed by atoms with E-state index in [0.717, 1.165) is 11.3 Å². The zero-order valence-electron chi connectivity index (χ0n) is 13.0. The number of hydrogen-bond acceptors (Lipinski definition) is 4. The number of hydrogen-bond donors (Lipinski definition) is 2. The molecule has 0 spiro atoms. The van der Waals surface area contributed by atoms with E-state index in [1.807, 2.05) is 6.92 Å². The van der Waals surface area contributed by atoms with E-state index < -0.39 is 6.10 Å². The predicted molar refractivity (Wildman–Crippen MR) is 84.4 cm³/mol. The van der Waals surface area contributed by atoms with E-state index in [2.05, 4.69) is 14.9 Å². The van der Waals surface area contributed by atoms with Crippen molar-refractivity contribution in [2.24, 2.45) is 0 Å². The van der Waals surface area contributed by atoms with Gasteiger partial charge in [-0.15, -0.1) is 0 Å². The van der Waals surface area contributed by atoms with Crippen LogP contribution in [0.5, 0.6) is 0 Å². The fourth-order valence-corrected chi connectivity index (χ4v) is 3.10. The first-order valence-electron chi connectivity index (χ1n) is 7.82. The number of halogens is 1. The lowest BCUT2D eigenvalue weighted by Gasteiger charge is -2.24. The van der Waals surface area contributed by atoms with Crippen LogP contribution >= 0.6 is 0 Å².